The molecule has 0 bridgehead atoms. The zero-order valence-electron chi connectivity index (χ0n) is 70.8. The zero-order valence-corrected chi connectivity index (χ0v) is 73.6. The fourth-order valence-corrected chi connectivity index (χ4v) is 12.5. The molecule has 1 saturated heterocycles. The molecule has 0 aromatic rings. The first-order valence-corrected chi connectivity index (χ1v) is 43.3. The van der Waals surface area contributed by atoms with Gasteiger partial charge < -0.3 is 47.3 Å². The predicted octanol–water partition coefficient (Wildman–Crippen LogP) is 16.4. The Morgan fingerprint density at radius 1 is 0.453 bits per heavy atom. The van der Waals surface area contributed by atoms with Gasteiger partial charge in [0.1, 0.15) is 26.4 Å². The van der Waals surface area contributed by atoms with Gasteiger partial charge >= 0.3 is 56.3 Å². The molecule has 0 aliphatic carbocycles. The van der Waals surface area contributed by atoms with Crippen LogP contribution in [0.3, 0.4) is 0 Å². The number of esters is 6. The van der Waals surface area contributed by atoms with Gasteiger partial charge in [-0.2, -0.15) is 8.42 Å². The van der Waals surface area contributed by atoms with Crippen molar-refractivity contribution in [3.8, 4) is 0 Å². The van der Waals surface area contributed by atoms with E-state index >= 15 is 0 Å². The maximum absolute atomic E-state index is 12.8. The summed E-state index contributed by atoms with van der Waals surface area (Å²) in [5.41, 5.74) is -2.20. The van der Waals surface area contributed by atoms with Crippen molar-refractivity contribution < 1.29 is 87.2 Å². The summed E-state index contributed by atoms with van der Waals surface area (Å²) in [5, 5.41) is 0. The van der Waals surface area contributed by atoms with Crippen LogP contribution < -0.4 is 0 Å². The molecular weight excluding hydrogens is 1410 g/mol. The first-order chi connectivity index (χ1) is 49.0. The average Bonchev–Trinajstić information content (AvgIpc) is 0.993. The average molecular weight is 1560 g/mol. The number of ether oxygens (including phenoxy) is 6. The number of quaternary nitrogens is 1. The van der Waals surface area contributed by atoms with Gasteiger partial charge in [-0.1, -0.05) is 207 Å². The molecule has 22 nitrogen and oxygen atoms in total. The van der Waals surface area contributed by atoms with Crippen molar-refractivity contribution in [2.24, 2.45) is 21.7 Å². The Morgan fingerprint density at radius 2 is 0.708 bits per heavy atom. The molecule has 1 aliphatic rings. The molecule has 0 spiro atoms. The minimum absolute atomic E-state index is 0. The molecule has 0 unspecified atom stereocenters. The molecule has 4 radical (unpaired) electrons. The Bertz CT molecular complexity index is 2500. The van der Waals surface area contributed by atoms with E-state index in [0.29, 0.717) is 94.2 Å². The molecule has 1 rings (SSSR count). The number of nitrogens with one attached hydrogen (secondary N) is 1. The van der Waals surface area contributed by atoms with Gasteiger partial charge in [0.05, 0.1) is 84.6 Å². The van der Waals surface area contributed by atoms with E-state index in [9.17, 15) is 50.2 Å². The van der Waals surface area contributed by atoms with Crippen LogP contribution in [0, 0.1) is 26.0 Å². The van der Waals surface area contributed by atoms with Gasteiger partial charge in [0.15, 0.2) is 0 Å². The second kappa shape index (κ2) is 68.2. The Balaban J connectivity index is -0.000000321. The number of hydrogen-bond acceptors (Lipinski definition) is 21. The number of hydrogen-bond donors (Lipinski definition) is 1. The van der Waals surface area contributed by atoms with E-state index in [2.05, 4.69) is 38.1 Å². The number of carbonyl (C=O) groups excluding carboxylic acids is 6. The molecule has 1 N–H and O–H groups in total. The van der Waals surface area contributed by atoms with Crippen molar-refractivity contribution in [3.05, 3.63) is 24.3 Å². The van der Waals surface area contributed by atoms with Gasteiger partial charge in [0.2, 0.25) is 0 Å². The summed E-state index contributed by atoms with van der Waals surface area (Å²) in [7, 11) is 4.24. The van der Waals surface area contributed by atoms with Crippen LogP contribution in [-0.2, 0) is 81.6 Å². The molecule has 26 heteroatoms. The number of likely N-dealkylation sites (N-methyl/N-ethyl adjacent to an activating group) is 3. The first-order valence-electron chi connectivity index (χ1n) is 39.5. The third kappa shape index (κ3) is 74.5. The van der Waals surface area contributed by atoms with Crippen molar-refractivity contribution >= 4 is 80.6 Å². The summed E-state index contributed by atoms with van der Waals surface area (Å²) in [4.78, 5) is 76.2. The standard InChI is InChI=1S/C28H55NO7S.C25H49NO4.C16H30O2.C8H15NO2.C3H6O3S.Al.B.HN/c1-8-9-10-11-12-13-14-15-16-17-21-35-25(30)27(2,3)24-28(4,5)26(31)36-22-20-29(6,7)19-18-23-37(32,33)34;1-8-9-10-11-12-13-14-15-16-17-19-29-22(27)24(2,3)21-25(4,5)23(28)30-20-18-26(6)7;1-4-5-6-7-8-9-10-11-12-13-14-18-16(17)15(2)3;1-7(2)8(10)11-6-5-9(3)4;4-7(5)3-1-2-6-7;;;/h8-24H2,1-7H3;8-21H2,1-7H3;2,4-14H2,1,3H3;1,5-6H2,2-4H3;1-3H2;;;1H. The van der Waals surface area contributed by atoms with E-state index in [0.717, 1.165) is 38.6 Å². The number of nitrogens with zero attached hydrogens (tertiary/aromatic N) is 3. The minimum atomic E-state index is -4.22. The quantitative estimate of drug-likeness (QED) is 0.00865. The second-order valence-electron chi connectivity index (χ2n) is 31.9. The van der Waals surface area contributed by atoms with Gasteiger partial charge in [-0.15, -0.1) is 0 Å². The maximum atomic E-state index is 12.8. The monoisotopic (exact) mass is 1560 g/mol. The summed E-state index contributed by atoms with van der Waals surface area (Å²) in [6.07, 6.45) is 39.3. The molecule has 0 aromatic carbocycles. The van der Waals surface area contributed by atoms with Crippen molar-refractivity contribution in [2.45, 2.75) is 308 Å². The van der Waals surface area contributed by atoms with Crippen molar-refractivity contribution in [1.29, 1.82) is 4.35 Å². The Morgan fingerprint density at radius 3 is 0.953 bits per heavy atom. The molecule has 0 amide bonds. The van der Waals surface area contributed by atoms with E-state index in [-0.39, 0.29) is 63.0 Å². The fraction of sp³-hybridized carbons (Fsp3) is 0.875. The van der Waals surface area contributed by atoms with Gasteiger partial charge in [-0.3, -0.25) is 23.4 Å². The molecule has 0 saturated carbocycles. The van der Waals surface area contributed by atoms with Crippen LogP contribution in [0.15, 0.2) is 24.3 Å². The van der Waals surface area contributed by atoms with Crippen LogP contribution in [0.2, 0.25) is 0 Å². The van der Waals surface area contributed by atoms with E-state index in [4.69, 9.17) is 32.8 Å². The second-order valence-corrected chi connectivity index (χ2v) is 35.1. The van der Waals surface area contributed by atoms with Crippen LogP contribution >= 0.6 is 0 Å². The molecule has 0 aromatic heterocycles. The van der Waals surface area contributed by atoms with Gasteiger partial charge in [0.25, 0.3) is 10.1 Å². The Labute approximate surface area is 658 Å². The molecule has 1 heterocycles. The summed E-state index contributed by atoms with van der Waals surface area (Å²) in [6, 6.07) is 0. The van der Waals surface area contributed by atoms with Crippen LogP contribution in [-0.4, -0.2) is 222 Å². The van der Waals surface area contributed by atoms with Crippen molar-refractivity contribution in [2.75, 3.05) is 126 Å². The Kier molecular flexibility index (Phi) is 72.9. The van der Waals surface area contributed by atoms with E-state index in [1.807, 2.05) is 79.8 Å². The number of rotatable bonds is 56. The summed E-state index contributed by atoms with van der Waals surface area (Å²) >= 11 is 1.67. The van der Waals surface area contributed by atoms with Crippen molar-refractivity contribution in [3.63, 3.8) is 0 Å². The van der Waals surface area contributed by atoms with Gasteiger partial charge in [-0.25, -0.2) is 18.0 Å². The fourth-order valence-electron chi connectivity index (χ4n) is 11.1. The van der Waals surface area contributed by atoms with Crippen LogP contribution in [0.4, 0.5) is 0 Å². The van der Waals surface area contributed by atoms with Crippen LogP contribution in [0.25, 0.3) is 0 Å². The molecule has 106 heavy (non-hydrogen) atoms. The van der Waals surface area contributed by atoms with Crippen LogP contribution in [0.1, 0.15) is 308 Å². The Hall–Kier alpha value is -3.60. The summed E-state index contributed by atoms with van der Waals surface area (Å²) in [5.74, 6) is -1.94. The molecule has 1 aliphatic heterocycles. The molecule has 1 fully saturated rings. The van der Waals surface area contributed by atoms with Gasteiger partial charge in [-0.05, 0) is 136 Å². The normalized spacial score (nSPS) is 12.7. The first kappa shape index (κ1) is 113. The number of carbonyl (C=O) groups is 6. The van der Waals surface area contributed by atoms with E-state index in [1.165, 1.54) is 161 Å². The molecule has 622 valence electrons. The summed E-state index contributed by atoms with van der Waals surface area (Å²) < 4.78 is 95.0. The SMILES string of the molecule is C=C(C)C(=O)OCCCCCCCCCCCC.C=C(C)C(=O)OCCN(C)C.CCCCCCCCCCCCOC(=O)C(C)(C)CC(C)(C)C(=O)OCCN(C)C.CCCCCCCCCCCCOC(=O)C(C)(C)CC(C)(C)C(=O)OCC[N+](C)(C)CCCS(=O)(=O)[O-].O=S1(=O)CCCO1.[B].[NH]=[Al]. The molecular formula is C80H156AlBN4O18S2. The van der Waals surface area contributed by atoms with Crippen LogP contribution in [0.5, 0.6) is 0 Å². The summed E-state index contributed by atoms with van der Waals surface area (Å²) in [6.45, 7) is 36.7. The van der Waals surface area contributed by atoms with Gasteiger partial charge in [0, 0.05) is 44.8 Å². The predicted molar refractivity (Wildman–Crippen MR) is 432 cm³/mol. The number of unbranched alkanes of at least 4 members (excludes halogenated alkanes) is 27. The molecule has 0 atom stereocenters. The van der Waals surface area contributed by atoms with E-state index < -0.39 is 47.6 Å². The third-order valence-electron chi connectivity index (χ3n) is 17.3. The zero-order chi connectivity index (χ0) is 81.5. The third-order valence-corrected chi connectivity index (χ3v) is 19.4. The van der Waals surface area contributed by atoms with E-state index in [1.54, 1.807) is 57.6 Å². The van der Waals surface area contributed by atoms with Crippen molar-refractivity contribution in [1.82, 2.24) is 9.80 Å². The topological polar surface area (TPSA) is 289 Å².